The Labute approximate surface area is 139 Å². The van der Waals surface area contributed by atoms with Crippen molar-refractivity contribution in [1.29, 1.82) is 0 Å². The van der Waals surface area contributed by atoms with Crippen molar-refractivity contribution < 1.29 is 9.53 Å². The van der Waals surface area contributed by atoms with Gasteiger partial charge in [-0.05, 0) is 25.0 Å². The number of rotatable bonds is 4. The Bertz CT molecular complexity index is 677. The van der Waals surface area contributed by atoms with E-state index in [0.29, 0.717) is 23.0 Å². The largest absolute Gasteiger partial charge is 0.497 e. The first kappa shape index (κ1) is 15.6. The number of aromatic nitrogens is 3. The number of nitrogens with one attached hydrogen (secondary N) is 1. The molecule has 0 spiro atoms. The molecular weight excluding hydrogens is 318 g/mol. The van der Waals surface area contributed by atoms with Crippen LogP contribution in [0.15, 0.2) is 30.6 Å². The van der Waals surface area contributed by atoms with Crippen LogP contribution < -0.4 is 10.1 Å². The number of benzene rings is 1. The zero-order chi connectivity index (χ0) is 16.2. The molecule has 3 rings (SSSR count). The molecule has 1 saturated heterocycles. The minimum Gasteiger partial charge on any atom is -0.497 e. The van der Waals surface area contributed by atoms with Gasteiger partial charge in [0.1, 0.15) is 5.75 Å². The predicted octanol–water partition coefficient (Wildman–Crippen LogP) is 2.64. The second-order valence-corrected chi connectivity index (χ2v) is 5.80. The normalized spacial score (nSPS) is 17.3. The maximum Gasteiger partial charge on any atom is 0.322 e. The lowest BCUT2D eigenvalue weighted by atomic mass is 10.2. The maximum atomic E-state index is 12.5. The number of halogens is 1. The van der Waals surface area contributed by atoms with Crippen molar-refractivity contribution in [2.75, 3.05) is 19.0 Å². The fraction of sp³-hybridized carbons (Fsp3) is 0.400. The van der Waals surface area contributed by atoms with Crippen LogP contribution in [0.3, 0.4) is 0 Å². The van der Waals surface area contributed by atoms with Gasteiger partial charge in [0.2, 0.25) is 0 Å². The SMILES string of the molecule is COc1ccc(NC(=O)N2CCC[C@H]2Cn2ccnn2)c(Cl)c1. The number of ether oxygens (including phenoxy) is 1. The van der Waals surface area contributed by atoms with Crippen LogP contribution in [0, 0.1) is 0 Å². The van der Waals surface area contributed by atoms with Gasteiger partial charge < -0.3 is 15.0 Å². The number of anilines is 1. The van der Waals surface area contributed by atoms with E-state index < -0.39 is 0 Å². The van der Waals surface area contributed by atoms with E-state index in [4.69, 9.17) is 16.3 Å². The third-order valence-electron chi connectivity index (χ3n) is 3.93. The zero-order valence-electron chi connectivity index (χ0n) is 12.8. The van der Waals surface area contributed by atoms with Gasteiger partial charge in [0.25, 0.3) is 0 Å². The molecular formula is C15H18ClN5O2. The number of urea groups is 1. The Morgan fingerprint density at radius 1 is 1.52 bits per heavy atom. The van der Waals surface area contributed by atoms with Gasteiger partial charge in [0, 0.05) is 18.8 Å². The molecule has 0 radical (unpaired) electrons. The summed E-state index contributed by atoms with van der Waals surface area (Å²) in [5.41, 5.74) is 0.573. The second kappa shape index (κ2) is 6.87. The van der Waals surface area contributed by atoms with E-state index in [1.165, 1.54) is 0 Å². The topological polar surface area (TPSA) is 72.3 Å². The van der Waals surface area contributed by atoms with Crippen molar-refractivity contribution in [3.8, 4) is 5.75 Å². The first-order chi connectivity index (χ1) is 11.2. The molecule has 0 unspecified atom stereocenters. The quantitative estimate of drug-likeness (QED) is 0.932. The highest BCUT2D eigenvalue weighted by Gasteiger charge is 2.29. The number of carbonyl (C=O) groups excluding carboxylic acids is 1. The maximum absolute atomic E-state index is 12.5. The number of methoxy groups -OCH3 is 1. The average molecular weight is 336 g/mol. The lowest BCUT2D eigenvalue weighted by Gasteiger charge is -2.25. The van der Waals surface area contributed by atoms with Crippen LogP contribution in [0.25, 0.3) is 0 Å². The molecule has 0 aliphatic carbocycles. The number of nitrogens with zero attached hydrogens (tertiary/aromatic N) is 4. The summed E-state index contributed by atoms with van der Waals surface area (Å²) >= 11 is 6.17. The fourth-order valence-corrected chi connectivity index (χ4v) is 2.97. The van der Waals surface area contributed by atoms with Crippen LogP contribution in [0.2, 0.25) is 5.02 Å². The summed E-state index contributed by atoms with van der Waals surface area (Å²) in [6, 6.07) is 5.13. The third-order valence-corrected chi connectivity index (χ3v) is 4.24. The highest BCUT2D eigenvalue weighted by atomic mass is 35.5. The molecule has 2 heterocycles. The van der Waals surface area contributed by atoms with Crippen molar-refractivity contribution >= 4 is 23.3 Å². The van der Waals surface area contributed by atoms with E-state index in [-0.39, 0.29) is 12.1 Å². The second-order valence-electron chi connectivity index (χ2n) is 5.39. The molecule has 8 heteroatoms. The van der Waals surface area contributed by atoms with Crippen LogP contribution in [-0.2, 0) is 6.54 Å². The van der Waals surface area contributed by atoms with E-state index in [2.05, 4.69) is 15.6 Å². The number of likely N-dealkylation sites (tertiary alicyclic amines) is 1. The number of hydrogen-bond acceptors (Lipinski definition) is 4. The minimum atomic E-state index is -0.153. The molecule has 122 valence electrons. The van der Waals surface area contributed by atoms with Crippen LogP contribution in [0.1, 0.15) is 12.8 Å². The van der Waals surface area contributed by atoms with Gasteiger partial charge in [-0.25, -0.2) is 4.79 Å². The molecule has 23 heavy (non-hydrogen) atoms. The molecule has 2 aromatic rings. The summed E-state index contributed by atoms with van der Waals surface area (Å²) in [6.07, 6.45) is 5.36. The van der Waals surface area contributed by atoms with Crippen LogP contribution in [0.5, 0.6) is 5.75 Å². The van der Waals surface area contributed by atoms with Crippen LogP contribution in [-0.4, -0.2) is 45.6 Å². The van der Waals surface area contributed by atoms with Gasteiger partial charge in [-0.3, -0.25) is 4.68 Å². The number of hydrogen-bond donors (Lipinski definition) is 1. The lowest BCUT2D eigenvalue weighted by Crippen LogP contribution is -2.40. The summed E-state index contributed by atoms with van der Waals surface area (Å²) in [6.45, 7) is 1.36. The van der Waals surface area contributed by atoms with E-state index in [9.17, 15) is 4.79 Å². The first-order valence-corrected chi connectivity index (χ1v) is 7.80. The molecule has 1 aliphatic heterocycles. The number of carbonyl (C=O) groups is 1. The summed E-state index contributed by atoms with van der Waals surface area (Å²) < 4.78 is 6.85. The Kier molecular flexibility index (Phi) is 4.66. The fourth-order valence-electron chi connectivity index (χ4n) is 2.75. The van der Waals surface area contributed by atoms with Crippen molar-refractivity contribution in [3.05, 3.63) is 35.6 Å². The molecule has 1 aliphatic rings. The lowest BCUT2D eigenvalue weighted by molar-refractivity contribution is 0.199. The zero-order valence-corrected chi connectivity index (χ0v) is 13.5. The average Bonchev–Trinajstić information content (AvgIpc) is 3.21. The number of amides is 2. The van der Waals surface area contributed by atoms with Gasteiger partial charge >= 0.3 is 6.03 Å². The molecule has 0 saturated carbocycles. The Hall–Kier alpha value is -2.28. The highest BCUT2D eigenvalue weighted by molar-refractivity contribution is 6.33. The van der Waals surface area contributed by atoms with Crippen molar-refractivity contribution in [1.82, 2.24) is 19.9 Å². The predicted molar refractivity (Wildman–Crippen MR) is 86.8 cm³/mol. The Balaban J connectivity index is 1.67. The molecule has 2 amide bonds. The summed E-state index contributed by atoms with van der Waals surface area (Å²) in [7, 11) is 1.57. The molecule has 7 nitrogen and oxygen atoms in total. The molecule has 1 fully saturated rings. The van der Waals surface area contributed by atoms with Gasteiger partial charge in [-0.1, -0.05) is 16.8 Å². The van der Waals surface area contributed by atoms with Gasteiger partial charge in [-0.15, -0.1) is 5.10 Å². The Morgan fingerprint density at radius 3 is 3.09 bits per heavy atom. The van der Waals surface area contributed by atoms with Gasteiger partial charge in [0.15, 0.2) is 0 Å². The molecule has 1 aromatic heterocycles. The van der Waals surface area contributed by atoms with Crippen molar-refractivity contribution in [3.63, 3.8) is 0 Å². The first-order valence-electron chi connectivity index (χ1n) is 7.42. The smallest absolute Gasteiger partial charge is 0.322 e. The summed E-state index contributed by atoms with van der Waals surface area (Å²) in [4.78, 5) is 14.4. The van der Waals surface area contributed by atoms with E-state index in [1.807, 2.05) is 4.90 Å². The minimum absolute atomic E-state index is 0.105. The van der Waals surface area contributed by atoms with Crippen LogP contribution in [0.4, 0.5) is 10.5 Å². The molecule has 1 N–H and O–H groups in total. The van der Waals surface area contributed by atoms with Crippen LogP contribution >= 0.6 is 11.6 Å². The van der Waals surface area contributed by atoms with E-state index in [1.54, 1.807) is 42.4 Å². The van der Waals surface area contributed by atoms with E-state index >= 15 is 0 Å². The molecule has 1 atom stereocenters. The molecule has 1 aromatic carbocycles. The van der Waals surface area contributed by atoms with Crippen molar-refractivity contribution in [2.45, 2.75) is 25.4 Å². The van der Waals surface area contributed by atoms with E-state index in [0.717, 1.165) is 19.4 Å². The highest BCUT2D eigenvalue weighted by Crippen LogP contribution is 2.28. The van der Waals surface area contributed by atoms with Gasteiger partial charge in [-0.2, -0.15) is 0 Å². The monoisotopic (exact) mass is 335 g/mol. The standard InChI is InChI=1S/C15H18ClN5O2/c1-23-12-4-5-14(13(16)9-12)18-15(22)21-7-2-3-11(21)10-20-8-6-17-19-20/h4-6,8-9,11H,2-3,7,10H2,1H3,(H,18,22)/t11-/m0/s1. The van der Waals surface area contributed by atoms with Gasteiger partial charge in [0.05, 0.1) is 36.6 Å². The Morgan fingerprint density at radius 2 is 2.39 bits per heavy atom. The summed E-state index contributed by atoms with van der Waals surface area (Å²) in [5.74, 6) is 0.651. The van der Waals surface area contributed by atoms with Crippen molar-refractivity contribution in [2.24, 2.45) is 0 Å². The molecule has 0 bridgehead atoms. The summed E-state index contributed by atoms with van der Waals surface area (Å²) in [5, 5.41) is 11.1. The third kappa shape index (κ3) is 3.56.